The second kappa shape index (κ2) is 7.21. The highest BCUT2D eigenvalue weighted by Crippen LogP contribution is 1.92. The van der Waals surface area contributed by atoms with Crippen LogP contribution in [0.3, 0.4) is 0 Å². The van der Waals surface area contributed by atoms with Crippen LogP contribution in [0.4, 0.5) is 0 Å². The number of hydrogen-bond donors (Lipinski definition) is 2. The predicted molar refractivity (Wildman–Crippen MR) is 46.3 cm³/mol. The molecule has 10 heavy (non-hydrogen) atoms. The number of nitrogens with one attached hydrogen (secondary N) is 1. The van der Waals surface area contributed by atoms with Crippen LogP contribution in [0.2, 0.25) is 6.04 Å². The van der Waals surface area contributed by atoms with Gasteiger partial charge < -0.3 is 15.1 Å². The van der Waals surface area contributed by atoms with Crippen LogP contribution in [0.5, 0.6) is 0 Å². The second-order valence-electron chi connectivity index (χ2n) is 2.26. The van der Waals surface area contributed by atoms with E-state index >= 15 is 0 Å². The van der Waals surface area contributed by atoms with Crippen molar-refractivity contribution < 1.29 is 4.43 Å². The molecular formula is C6H18N2OSi. The molecule has 0 saturated heterocycles. The molecule has 0 bridgehead atoms. The first-order chi connectivity index (χ1) is 4.85. The van der Waals surface area contributed by atoms with Gasteiger partial charge in [-0.3, -0.25) is 0 Å². The molecule has 0 aliphatic rings. The van der Waals surface area contributed by atoms with Crippen LogP contribution in [0.25, 0.3) is 0 Å². The Labute approximate surface area is 64.7 Å². The van der Waals surface area contributed by atoms with Crippen molar-refractivity contribution >= 4 is 9.20 Å². The Morgan fingerprint density at radius 3 is 2.70 bits per heavy atom. The van der Waals surface area contributed by atoms with Crippen LogP contribution in [-0.4, -0.2) is 29.4 Å². The Hall–Kier alpha value is 0.0969. The molecule has 0 aliphatic heterocycles. The fraction of sp³-hybridized carbons (Fsp3) is 1.00. The van der Waals surface area contributed by atoms with E-state index in [-0.39, 0.29) is 0 Å². The van der Waals surface area contributed by atoms with Gasteiger partial charge in [-0.05, 0) is 6.04 Å². The van der Waals surface area contributed by atoms with Gasteiger partial charge in [-0.25, -0.2) is 0 Å². The summed E-state index contributed by atoms with van der Waals surface area (Å²) in [4.78, 5) is 3.31. The average Bonchev–Trinajstić information content (AvgIpc) is 1.98. The topological polar surface area (TPSA) is 47.3 Å². The molecule has 0 aromatic rings. The monoisotopic (exact) mass is 162 g/mol. The van der Waals surface area contributed by atoms with Crippen molar-refractivity contribution in [1.82, 2.24) is 4.98 Å². The molecule has 0 rings (SSSR count). The zero-order valence-electron chi connectivity index (χ0n) is 6.89. The van der Waals surface area contributed by atoms with Crippen LogP contribution in [0.15, 0.2) is 0 Å². The Bertz CT molecular complexity index is 72.8. The van der Waals surface area contributed by atoms with Gasteiger partial charge >= 0.3 is 0 Å². The summed E-state index contributed by atoms with van der Waals surface area (Å²) in [5.74, 6) is 0. The van der Waals surface area contributed by atoms with E-state index in [0.29, 0.717) is 6.54 Å². The molecule has 0 heterocycles. The Kier molecular flexibility index (Phi) is 7.28. The van der Waals surface area contributed by atoms with E-state index in [1.807, 2.05) is 0 Å². The Balaban J connectivity index is 3.21. The lowest BCUT2D eigenvalue weighted by molar-refractivity contribution is 0.405. The van der Waals surface area contributed by atoms with Crippen molar-refractivity contribution in [2.75, 3.05) is 20.2 Å². The summed E-state index contributed by atoms with van der Waals surface area (Å²) in [6.45, 7) is 3.77. The van der Waals surface area contributed by atoms with Crippen LogP contribution < -0.4 is 10.7 Å². The van der Waals surface area contributed by atoms with Crippen LogP contribution >= 0.6 is 0 Å². The normalized spacial score (nSPS) is 13.5. The van der Waals surface area contributed by atoms with E-state index in [0.717, 1.165) is 6.54 Å². The second-order valence-corrected chi connectivity index (χ2v) is 4.69. The first-order valence-corrected chi connectivity index (χ1v) is 5.68. The molecule has 0 aromatic carbocycles. The van der Waals surface area contributed by atoms with E-state index in [4.69, 9.17) is 10.2 Å². The van der Waals surface area contributed by atoms with Gasteiger partial charge in [0.05, 0.1) is 0 Å². The van der Waals surface area contributed by atoms with E-state index < -0.39 is 9.20 Å². The summed E-state index contributed by atoms with van der Waals surface area (Å²) < 4.78 is 5.26. The first kappa shape index (κ1) is 10.1. The molecule has 0 saturated carbocycles. The highest BCUT2D eigenvalue weighted by molar-refractivity contribution is 6.48. The molecule has 1 unspecified atom stereocenters. The molecule has 0 fully saturated rings. The zero-order valence-corrected chi connectivity index (χ0v) is 8.05. The maximum Gasteiger partial charge on any atom is 0.251 e. The van der Waals surface area contributed by atoms with Crippen molar-refractivity contribution in [3.05, 3.63) is 0 Å². The average molecular weight is 162 g/mol. The van der Waals surface area contributed by atoms with Crippen molar-refractivity contribution in [3.8, 4) is 0 Å². The lowest BCUT2D eigenvalue weighted by Crippen LogP contribution is -2.38. The molecule has 0 amide bonds. The molecule has 62 valence electrons. The largest absolute Gasteiger partial charge is 0.409 e. The van der Waals surface area contributed by atoms with Crippen LogP contribution in [0.1, 0.15) is 13.3 Å². The molecule has 4 heteroatoms. The SMILES string of the molecule is CCC[SiH](NCCN)OC. The van der Waals surface area contributed by atoms with Crippen molar-refractivity contribution in [3.63, 3.8) is 0 Å². The highest BCUT2D eigenvalue weighted by atomic mass is 28.3. The summed E-state index contributed by atoms with van der Waals surface area (Å²) >= 11 is 0. The minimum atomic E-state index is -1.06. The highest BCUT2D eigenvalue weighted by Gasteiger charge is 2.05. The number of rotatable bonds is 6. The van der Waals surface area contributed by atoms with Gasteiger partial charge in [-0.2, -0.15) is 0 Å². The van der Waals surface area contributed by atoms with Crippen molar-refractivity contribution in [1.29, 1.82) is 0 Å². The maximum absolute atomic E-state index is 5.33. The van der Waals surface area contributed by atoms with E-state index in [2.05, 4.69) is 11.9 Å². The fourth-order valence-electron chi connectivity index (χ4n) is 0.810. The molecule has 0 spiro atoms. The molecular weight excluding hydrogens is 144 g/mol. The van der Waals surface area contributed by atoms with Gasteiger partial charge in [-0.15, -0.1) is 0 Å². The number of hydrogen-bond acceptors (Lipinski definition) is 3. The summed E-state index contributed by atoms with van der Waals surface area (Å²) in [6.07, 6.45) is 1.20. The third kappa shape index (κ3) is 4.93. The quantitative estimate of drug-likeness (QED) is 0.532. The summed E-state index contributed by atoms with van der Waals surface area (Å²) in [6, 6.07) is 1.19. The van der Waals surface area contributed by atoms with Gasteiger partial charge in [0.2, 0.25) is 0 Å². The van der Waals surface area contributed by atoms with E-state index in [1.165, 1.54) is 12.5 Å². The zero-order chi connectivity index (χ0) is 7.82. The molecule has 1 atom stereocenters. The molecule has 0 aliphatic carbocycles. The predicted octanol–water partition coefficient (Wildman–Crippen LogP) is -0.188. The third-order valence-electron chi connectivity index (χ3n) is 1.35. The smallest absolute Gasteiger partial charge is 0.251 e. The van der Waals surface area contributed by atoms with Gasteiger partial charge in [0, 0.05) is 20.2 Å². The maximum atomic E-state index is 5.33. The summed E-state index contributed by atoms with van der Waals surface area (Å²) in [5.41, 5.74) is 5.33. The molecule has 0 aromatic heterocycles. The van der Waals surface area contributed by atoms with Gasteiger partial charge in [-0.1, -0.05) is 13.3 Å². The summed E-state index contributed by atoms with van der Waals surface area (Å²) in [7, 11) is 0.713. The Morgan fingerprint density at radius 2 is 2.30 bits per heavy atom. The van der Waals surface area contributed by atoms with Crippen LogP contribution in [0, 0.1) is 0 Å². The van der Waals surface area contributed by atoms with Gasteiger partial charge in [0.1, 0.15) is 0 Å². The summed E-state index contributed by atoms with van der Waals surface area (Å²) in [5, 5.41) is 0. The lowest BCUT2D eigenvalue weighted by atomic mass is 10.6. The molecule has 3 N–H and O–H groups in total. The molecule has 3 nitrogen and oxygen atoms in total. The van der Waals surface area contributed by atoms with Crippen molar-refractivity contribution in [2.24, 2.45) is 5.73 Å². The minimum Gasteiger partial charge on any atom is -0.409 e. The lowest BCUT2D eigenvalue weighted by Gasteiger charge is -2.12. The Morgan fingerprint density at radius 1 is 1.60 bits per heavy atom. The standard InChI is InChI=1S/C6H18N2OSi/c1-3-6-10(9-2)8-5-4-7/h8,10H,3-7H2,1-2H3. The number of nitrogens with two attached hydrogens (primary N) is 1. The van der Waals surface area contributed by atoms with E-state index in [9.17, 15) is 0 Å². The van der Waals surface area contributed by atoms with Crippen LogP contribution in [-0.2, 0) is 4.43 Å². The third-order valence-corrected chi connectivity index (χ3v) is 3.77. The van der Waals surface area contributed by atoms with Gasteiger partial charge in [0.25, 0.3) is 9.20 Å². The minimum absolute atomic E-state index is 0.705. The molecule has 0 radical (unpaired) electrons. The van der Waals surface area contributed by atoms with Gasteiger partial charge in [0.15, 0.2) is 0 Å². The van der Waals surface area contributed by atoms with Crippen molar-refractivity contribution in [2.45, 2.75) is 19.4 Å². The fourth-order valence-corrected chi connectivity index (χ4v) is 2.43. The first-order valence-electron chi connectivity index (χ1n) is 3.81. The van der Waals surface area contributed by atoms with E-state index in [1.54, 1.807) is 7.11 Å².